The third-order valence-corrected chi connectivity index (χ3v) is 3.27. The van der Waals surface area contributed by atoms with Crippen LogP contribution in [0.1, 0.15) is 16.7 Å². The molecule has 0 saturated heterocycles. The average Bonchev–Trinajstić information content (AvgIpc) is 2.73. The molecule has 0 N–H and O–H groups in total. The number of benzene rings is 2. The van der Waals surface area contributed by atoms with Crippen molar-refractivity contribution < 1.29 is 4.42 Å². The molecule has 0 aliphatic carbocycles. The Morgan fingerprint density at radius 1 is 0.944 bits per heavy atom. The van der Waals surface area contributed by atoms with Crippen LogP contribution in [0, 0.1) is 20.8 Å². The fraction of sp³-hybridized carbons (Fsp3) is 0.188. The van der Waals surface area contributed by atoms with Crippen molar-refractivity contribution in [2.45, 2.75) is 20.8 Å². The molecule has 18 heavy (non-hydrogen) atoms. The SMILES string of the molecule is Cc1cccc(-c2nc3cc(C)c(C)cc3o2)c1. The second-order valence-corrected chi connectivity index (χ2v) is 4.79. The van der Waals surface area contributed by atoms with Gasteiger partial charge >= 0.3 is 0 Å². The van der Waals surface area contributed by atoms with Gasteiger partial charge < -0.3 is 4.42 Å². The van der Waals surface area contributed by atoms with Crippen molar-refractivity contribution in [2.75, 3.05) is 0 Å². The Bertz CT molecular complexity index is 686. The van der Waals surface area contributed by atoms with E-state index in [1.54, 1.807) is 0 Å². The Kier molecular flexibility index (Phi) is 2.44. The van der Waals surface area contributed by atoms with E-state index in [1.807, 2.05) is 12.1 Å². The standard InChI is InChI=1S/C16H15NO/c1-10-5-4-6-13(7-10)16-17-14-8-11(2)12(3)9-15(14)18-16/h4-9H,1-3H3. The molecule has 1 heterocycles. The van der Waals surface area contributed by atoms with Gasteiger partial charge in [0.2, 0.25) is 5.89 Å². The van der Waals surface area contributed by atoms with Crippen molar-refractivity contribution in [2.24, 2.45) is 0 Å². The van der Waals surface area contributed by atoms with Gasteiger partial charge in [-0.1, -0.05) is 17.7 Å². The van der Waals surface area contributed by atoms with E-state index in [-0.39, 0.29) is 0 Å². The van der Waals surface area contributed by atoms with Crippen LogP contribution in [0.5, 0.6) is 0 Å². The predicted octanol–water partition coefficient (Wildman–Crippen LogP) is 4.42. The van der Waals surface area contributed by atoms with Crippen molar-refractivity contribution in [1.29, 1.82) is 0 Å². The Balaban J connectivity index is 2.19. The zero-order valence-electron chi connectivity index (χ0n) is 10.8. The molecular formula is C16H15NO. The molecule has 0 saturated carbocycles. The van der Waals surface area contributed by atoms with Crippen LogP contribution < -0.4 is 0 Å². The topological polar surface area (TPSA) is 26.0 Å². The molecule has 0 unspecified atom stereocenters. The van der Waals surface area contributed by atoms with Gasteiger partial charge in [-0.05, 0) is 56.2 Å². The van der Waals surface area contributed by atoms with E-state index in [0.29, 0.717) is 5.89 Å². The van der Waals surface area contributed by atoms with Gasteiger partial charge in [0, 0.05) is 5.56 Å². The summed E-state index contributed by atoms with van der Waals surface area (Å²) in [7, 11) is 0. The maximum absolute atomic E-state index is 5.83. The van der Waals surface area contributed by atoms with Crippen molar-refractivity contribution in [1.82, 2.24) is 4.98 Å². The Morgan fingerprint density at radius 3 is 2.50 bits per heavy atom. The molecule has 0 atom stereocenters. The number of rotatable bonds is 1. The Morgan fingerprint density at radius 2 is 1.72 bits per heavy atom. The number of aryl methyl sites for hydroxylation is 3. The summed E-state index contributed by atoms with van der Waals surface area (Å²) in [6, 6.07) is 12.3. The average molecular weight is 237 g/mol. The van der Waals surface area contributed by atoms with Crippen LogP contribution in [0.15, 0.2) is 40.8 Å². The number of fused-ring (bicyclic) bond motifs is 1. The first-order chi connectivity index (χ1) is 8.63. The van der Waals surface area contributed by atoms with Gasteiger partial charge in [0.1, 0.15) is 5.52 Å². The minimum atomic E-state index is 0.693. The van der Waals surface area contributed by atoms with Crippen molar-refractivity contribution in [3.63, 3.8) is 0 Å². The highest BCUT2D eigenvalue weighted by atomic mass is 16.3. The molecule has 0 aliphatic rings. The third kappa shape index (κ3) is 1.80. The van der Waals surface area contributed by atoms with E-state index in [9.17, 15) is 0 Å². The predicted molar refractivity (Wildman–Crippen MR) is 73.7 cm³/mol. The largest absolute Gasteiger partial charge is 0.436 e. The second-order valence-electron chi connectivity index (χ2n) is 4.79. The van der Waals surface area contributed by atoms with E-state index >= 15 is 0 Å². The van der Waals surface area contributed by atoms with E-state index in [0.717, 1.165) is 16.7 Å². The fourth-order valence-corrected chi connectivity index (χ4v) is 2.08. The first-order valence-electron chi connectivity index (χ1n) is 6.08. The highest BCUT2D eigenvalue weighted by molar-refractivity contribution is 5.78. The quantitative estimate of drug-likeness (QED) is 0.626. The van der Waals surface area contributed by atoms with Crippen LogP contribution in [0.2, 0.25) is 0 Å². The zero-order chi connectivity index (χ0) is 12.7. The monoisotopic (exact) mass is 237 g/mol. The maximum Gasteiger partial charge on any atom is 0.227 e. The molecule has 0 aliphatic heterocycles. The van der Waals surface area contributed by atoms with Crippen LogP contribution in [0.3, 0.4) is 0 Å². The highest BCUT2D eigenvalue weighted by Crippen LogP contribution is 2.26. The molecule has 0 spiro atoms. The van der Waals surface area contributed by atoms with Gasteiger partial charge in [0.25, 0.3) is 0 Å². The molecule has 3 aromatic rings. The van der Waals surface area contributed by atoms with E-state index in [1.165, 1.54) is 16.7 Å². The molecular weight excluding hydrogens is 222 g/mol. The summed E-state index contributed by atoms with van der Waals surface area (Å²) < 4.78 is 5.83. The summed E-state index contributed by atoms with van der Waals surface area (Å²) in [5, 5.41) is 0. The molecule has 2 aromatic carbocycles. The Hall–Kier alpha value is -2.09. The molecule has 0 bridgehead atoms. The maximum atomic E-state index is 5.83. The second kappa shape index (κ2) is 3.98. The molecule has 1 aromatic heterocycles. The van der Waals surface area contributed by atoms with Crippen LogP contribution in [-0.4, -0.2) is 4.98 Å². The smallest absolute Gasteiger partial charge is 0.227 e. The number of aromatic nitrogens is 1. The summed E-state index contributed by atoms with van der Waals surface area (Å²) in [5.41, 5.74) is 6.49. The molecule has 90 valence electrons. The lowest BCUT2D eigenvalue weighted by molar-refractivity contribution is 0.619. The molecule has 0 fully saturated rings. The van der Waals surface area contributed by atoms with Gasteiger partial charge in [-0.3, -0.25) is 0 Å². The van der Waals surface area contributed by atoms with Gasteiger partial charge in [-0.2, -0.15) is 0 Å². The summed E-state index contributed by atoms with van der Waals surface area (Å²) >= 11 is 0. The van der Waals surface area contributed by atoms with Crippen molar-refractivity contribution in [3.8, 4) is 11.5 Å². The summed E-state index contributed by atoms with van der Waals surface area (Å²) in [4.78, 5) is 4.56. The molecule has 0 amide bonds. The van der Waals surface area contributed by atoms with Crippen LogP contribution >= 0.6 is 0 Å². The van der Waals surface area contributed by atoms with Crippen LogP contribution in [0.25, 0.3) is 22.6 Å². The van der Waals surface area contributed by atoms with Crippen molar-refractivity contribution in [3.05, 3.63) is 53.1 Å². The molecule has 0 radical (unpaired) electrons. The lowest BCUT2D eigenvalue weighted by atomic mass is 10.1. The first-order valence-corrected chi connectivity index (χ1v) is 6.08. The molecule has 2 heteroatoms. The summed E-state index contributed by atoms with van der Waals surface area (Å²) in [6.07, 6.45) is 0. The normalized spacial score (nSPS) is 11.1. The van der Waals surface area contributed by atoms with Gasteiger partial charge in [-0.25, -0.2) is 4.98 Å². The zero-order valence-corrected chi connectivity index (χ0v) is 10.8. The van der Waals surface area contributed by atoms with Gasteiger partial charge in [0.05, 0.1) is 0 Å². The van der Waals surface area contributed by atoms with Crippen LogP contribution in [0.4, 0.5) is 0 Å². The number of hydrogen-bond donors (Lipinski definition) is 0. The lowest BCUT2D eigenvalue weighted by Crippen LogP contribution is -1.80. The first kappa shape index (κ1) is 11.0. The summed E-state index contributed by atoms with van der Waals surface area (Å²) in [5.74, 6) is 0.693. The van der Waals surface area contributed by atoms with E-state index in [4.69, 9.17) is 4.42 Å². The van der Waals surface area contributed by atoms with E-state index < -0.39 is 0 Å². The number of nitrogens with zero attached hydrogens (tertiary/aromatic N) is 1. The molecule has 3 rings (SSSR count). The lowest BCUT2D eigenvalue weighted by Gasteiger charge is -1.96. The minimum absolute atomic E-state index is 0.693. The van der Waals surface area contributed by atoms with Gasteiger partial charge in [-0.15, -0.1) is 0 Å². The van der Waals surface area contributed by atoms with Gasteiger partial charge in [0.15, 0.2) is 5.58 Å². The molecule has 2 nitrogen and oxygen atoms in total. The summed E-state index contributed by atoms with van der Waals surface area (Å²) in [6.45, 7) is 6.25. The highest BCUT2D eigenvalue weighted by Gasteiger charge is 2.09. The third-order valence-electron chi connectivity index (χ3n) is 3.27. The number of hydrogen-bond acceptors (Lipinski definition) is 2. The van der Waals surface area contributed by atoms with Crippen LogP contribution in [-0.2, 0) is 0 Å². The minimum Gasteiger partial charge on any atom is -0.436 e. The fourth-order valence-electron chi connectivity index (χ4n) is 2.08. The number of oxazole rings is 1. The Labute approximate surface area is 106 Å². The van der Waals surface area contributed by atoms with Crippen molar-refractivity contribution >= 4 is 11.1 Å². The van der Waals surface area contributed by atoms with E-state index in [2.05, 4.69) is 50.0 Å².